The predicted molar refractivity (Wildman–Crippen MR) is 91.5 cm³/mol. The number of aromatic amines is 1. The zero-order valence-electron chi connectivity index (χ0n) is 13.0. The van der Waals surface area contributed by atoms with E-state index in [1.54, 1.807) is 0 Å². The molecule has 2 N–H and O–H groups in total. The minimum absolute atomic E-state index is 0.266. The molecule has 0 bridgehead atoms. The van der Waals surface area contributed by atoms with Crippen LogP contribution in [0.2, 0.25) is 0 Å². The van der Waals surface area contributed by atoms with Crippen molar-refractivity contribution in [3.63, 3.8) is 0 Å². The third kappa shape index (κ3) is 2.58. The van der Waals surface area contributed by atoms with Gasteiger partial charge in [0.25, 0.3) is 5.91 Å². The Hall–Kier alpha value is -3.28. The summed E-state index contributed by atoms with van der Waals surface area (Å²) in [6, 6.07) is 14.9. The van der Waals surface area contributed by atoms with E-state index in [4.69, 9.17) is 0 Å². The highest BCUT2D eigenvalue weighted by Crippen LogP contribution is 2.16. The Kier molecular flexibility index (Phi) is 3.42. The molecular formula is C18H15N5O. The number of carbonyl (C=O) groups excluding carboxylic acids is 1. The minimum atomic E-state index is -0.277. The molecule has 0 saturated heterocycles. The molecule has 0 aliphatic carbocycles. The number of carbonyl (C=O) groups is 1. The van der Waals surface area contributed by atoms with E-state index in [0.29, 0.717) is 11.3 Å². The number of hydrogen-bond donors (Lipinski definition) is 2. The van der Waals surface area contributed by atoms with Crippen LogP contribution in [0.4, 0.5) is 0 Å². The monoisotopic (exact) mass is 317 g/mol. The fraction of sp³-hybridized carbons (Fsp3) is 0.111. The van der Waals surface area contributed by atoms with Crippen LogP contribution in [-0.4, -0.2) is 25.8 Å². The van der Waals surface area contributed by atoms with Gasteiger partial charge in [0.2, 0.25) is 0 Å². The van der Waals surface area contributed by atoms with Gasteiger partial charge in [-0.3, -0.25) is 9.78 Å². The Morgan fingerprint density at radius 1 is 1.00 bits per heavy atom. The number of aromatic nitrogens is 4. The van der Waals surface area contributed by atoms with Crippen molar-refractivity contribution >= 4 is 28.0 Å². The molecule has 0 spiro atoms. The van der Waals surface area contributed by atoms with Gasteiger partial charge in [-0.1, -0.05) is 24.3 Å². The van der Waals surface area contributed by atoms with E-state index in [0.717, 1.165) is 16.6 Å². The molecule has 6 nitrogen and oxygen atoms in total. The van der Waals surface area contributed by atoms with E-state index in [-0.39, 0.29) is 17.6 Å². The molecule has 4 rings (SSSR count). The first-order valence-electron chi connectivity index (χ1n) is 7.68. The van der Waals surface area contributed by atoms with Crippen molar-refractivity contribution in [2.24, 2.45) is 0 Å². The van der Waals surface area contributed by atoms with Gasteiger partial charge < -0.3 is 10.3 Å². The van der Waals surface area contributed by atoms with E-state index >= 15 is 0 Å². The van der Waals surface area contributed by atoms with Crippen molar-refractivity contribution in [2.75, 3.05) is 0 Å². The summed E-state index contributed by atoms with van der Waals surface area (Å²) in [7, 11) is 0. The predicted octanol–water partition coefficient (Wildman–Crippen LogP) is 3.00. The molecule has 2 aromatic carbocycles. The summed E-state index contributed by atoms with van der Waals surface area (Å²) in [5.74, 6) is 0.430. The van der Waals surface area contributed by atoms with Crippen LogP contribution in [0.3, 0.4) is 0 Å². The largest absolute Gasteiger partial charge is 0.341 e. The summed E-state index contributed by atoms with van der Waals surface area (Å²) < 4.78 is 0. The number of H-pyrrole nitrogens is 1. The van der Waals surface area contributed by atoms with Crippen molar-refractivity contribution in [1.82, 2.24) is 25.3 Å². The van der Waals surface area contributed by atoms with Crippen LogP contribution in [0.25, 0.3) is 22.1 Å². The number of hydrogen-bond acceptors (Lipinski definition) is 4. The van der Waals surface area contributed by atoms with Gasteiger partial charge in [-0.15, -0.1) is 0 Å². The lowest BCUT2D eigenvalue weighted by Gasteiger charge is -2.11. The van der Waals surface area contributed by atoms with Crippen LogP contribution in [0.15, 0.2) is 54.7 Å². The van der Waals surface area contributed by atoms with Gasteiger partial charge in [-0.25, -0.2) is 9.97 Å². The zero-order chi connectivity index (χ0) is 16.5. The number of rotatable bonds is 3. The number of imidazole rings is 1. The number of amides is 1. The number of para-hydroxylation sites is 4. The molecule has 0 aliphatic heterocycles. The molecule has 0 saturated carbocycles. The Bertz CT molecular complexity index is 1010. The number of nitrogens with zero attached hydrogens (tertiary/aromatic N) is 3. The van der Waals surface area contributed by atoms with Gasteiger partial charge in [-0.05, 0) is 31.2 Å². The molecule has 118 valence electrons. The topological polar surface area (TPSA) is 83.6 Å². The molecule has 24 heavy (non-hydrogen) atoms. The molecule has 2 heterocycles. The average molecular weight is 317 g/mol. The Morgan fingerprint density at radius 3 is 2.50 bits per heavy atom. The molecule has 1 amide bonds. The SMILES string of the molecule is C[C@H](NC(=O)c1cnc2ccccc2n1)c1nc2ccccc2[nH]1. The quantitative estimate of drug-likeness (QED) is 0.608. The lowest BCUT2D eigenvalue weighted by atomic mass is 10.2. The number of fused-ring (bicyclic) bond motifs is 2. The van der Waals surface area contributed by atoms with Crippen LogP contribution in [0.5, 0.6) is 0 Å². The maximum absolute atomic E-state index is 12.4. The molecule has 0 fully saturated rings. The molecule has 0 unspecified atom stereocenters. The van der Waals surface area contributed by atoms with Crippen LogP contribution < -0.4 is 5.32 Å². The summed E-state index contributed by atoms with van der Waals surface area (Å²) in [4.78, 5) is 28.8. The highest BCUT2D eigenvalue weighted by atomic mass is 16.1. The molecular weight excluding hydrogens is 302 g/mol. The zero-order valence-corrected chi connectivity index (χ0v) is 13.0. The van der Waals surface area contributed by atoms with Crippen LogP contribution >= 0.6 is 0 Å². The second-order valence-electron chi connectivity index (χ2n) is 5.58. The first kappa shape index (κ1) is 14.3. The average Bonchev–Trinajstić information content (AvgIpc) is 3.05. The van der Waals surface area contributed by atoms with Gasteiger partial charge >= 0.3 is 0 Å². The number of nitrogens with one attached hydrogen (secondary N) is 2. The van der Waals surface area contributed by atoms with E-state index in [1.165, 1.54) is 6.20 Å². The van der Waals surface area contributed by atoms with E-state index in [9.17, 15) is 4.79 Å². The van der Waals surface area contributed by atoms with Crippen molar-refractivity contribution in [3.8, 4) is 0 Å². The van der Waals surface area contributed by atoms with Crippen LogP contribution in [-0.2, 0) is 0 Å². The Balaban J connectivity index is 1.57. The lowest BCUT2D eigenvalue weighted by molar-refractivity contribution is 0.0933. The maximum atomic E-state index is 12.4. The lowest BCUT2D eigenvalue weighted by Crippen LogP contribution is -2.28. The summed E-state index contributed by atoms with van der Waals surface area (Å²) in [5.41, 5.74) is 3.57. The summed E-state index contributed by atoms with van der Waals surface area (Å²) >= 11 is 0. The molecule has 2 aromatic heterocycles. The first-order chi connectivity index (χ1) is 11.7. The first-order valence-corrected chi connectivity index (χ1v) is 7.68. The maximum Gasteiger partial charge on any atom is 0.272 e. The highest BCUT2D eigenvalue weighted by Gasteiger charge is 2.16. The Labute approximate surface area is 138 Å². The fourth-order valence-corrected chi connectivity index (χ4v) is 2.58. The normalized spacial score (nSPS) is 12.4. The van der Waals surface area contributed by atoms with E-state index in [1.807, 2.05) is 55.5 Å². The second kappa shape index (κ2) is 5.73. The molecule has 6 heteroatoms. The number of benzene rings is 2. The third-order valence-electron chi connectivity index (χ3n) is 3.85. The highest BCUT2D eigenvalue weighted by molar-refractivity contribution is 5.94. The van der Waals surface area contributed by atoms with Gasteiger partial charge in [0.1, 0.15) is 11.5 Å². The second-order valence-corrected chi connectivity index (χ2v) is 5.58. The smallest absolute Gasteiger partial charge is 0.272 e. The molecule has 0 aliphatic rings. The van der Waals surface area contributed by atoms with E-state index in [2.05, 4.69) is 25.3 Å². The van der Waals surface area contributed by atoms with Crippen LogP contribution in [0, 0.1) is 0 Å². The van der Waals surface area contributed by atoms with Crippen molar-refractivity contribution in [2.45, 2.75) is 13.0 Å². The Morgan fingerprint density at radius 2 is 1.71 bits per heavy atom. The fourth-order valence-electron chi connectivity index (χ4n) is 2.58. The molecule has 4 aromatic rings. The molecule has 0 radical (unpaired) electrons. The standard InChI is InChI=1S/C18H15N5O/c1-11(17-22-14-8-4-5-9-15(14)23-17)20-18(24)16-10-19-12-6-2-3-7-13(12)21-16/h2-11H,1H3,(H,20,24)(H,22,23)/t11-/m0/s1. The molecule has 1 atom stereocenters. The summed E-state index contributed by atoms with van der Waals surface area (Å²) in [5, 5.41) is 2.90. The third-order valence-corrected chi connectivity index (χ3v) is 3.85. The minimum Gasteiger partial charge on any atom is -0.341 e. The van der Waals surface area contributed by atoms with E-state index < -0.39 is 0 Å². The van der Waals surface area contributed by atoms with Gasteiger partial charge in [0.05, 0.1) is 34.3 Å². The van der Waals surface area contributed by atoms with Gasteiger partial charge in [-0.2, -0.15) is 0 Å². The van der Waals surface area contributed by atoms with Gasteiger partial charge in [0.15, 0.2) is 0 Å². The van der Waals surface area contributed by atoms with Gasteiger partial charge in [0, 0.05) is 0 Å². The van der Waals surface area contributed by atoms with Crippen molar-refractivity contribution in [1.29, 1.82) is 0 Å². The van der Waals surface area contributed by atoms with Crippen molar-refractivity contribution < 1.29 is 4.79 Å². The summed E-state index contributed by atoms with van der Waals surface area (Å²) in [6.45, 7) is 1.88. The van der Waals surface area contributed by atoms with Crippen molar-refractivity contribution in [3.05, 3.63) is 66.2 Å². The summed E-state index contributed by atoms with van der Waals surface area (Å²) in [6.07, 6.45) is 1.49. The van der Waals surface area contributed by atoms with Crippen LogP contribution in [0.1, 0.15) is 29.3 Å².